The van der Waals surface area contributed by atoms with Crippen LogP contribution in [0.3, 0.4) is 0 Å². The lowest BCUT2D eigenvalue weighted by Crippen LogP contribution is -2.36. The molecule has 1 atom stereocenters. The van der Waals surface area contributed by atoms with Crippen LogP contribution in [0, 0.1) is 20.8 Å². The molecule has 1 fully saturated rings. The molecule has 0 spiro atoms. The molecule has 1 saturated heterocycles. The Kier molecular flexibility index (Phi) is 12.1. The quantitative estimate of drug-likeness (QED) is 0.210. The van der Waals surface area contributed by atoms with Gasteiger partial charge in [-0.2, -0.15) is 0 Å². The summed E-state index contributed by atoms with van der Waals surface area (Å²) in [7, 11) is 2.70. The van der Waals surface area contributed by atoms with Crippen LogP contribution in [-0.4, -0.2) is 31.5 Å². The first-order valence-corrected chi connectivity index (χ1v) is 12.9. The van der Waals surface area contributed by atoms with Crippen molar-refractivity contribution in [2.45, 2.75) is 26.1 Å². The maximum atomic E-state index is 11.0. The number of nitrogens with zero attached hydrogens (tertiary/aromatic N) is 1. The molecule has 1 aliphatic rings. The van der Waals surface area contributed by atoms with E-state index in [0.717, 1.165) is 48.3 Å². The Morgan fingerprint density at radius 2 is 1.52 bits per heavy atom. The van der Waals surface area contributed by atoms with E-state index in [1.54, 1.807) is 0 Å². The average Bonchev–Trinajstić information content (AvgIpc) is 2.80. The molecule has 3 nitrogen and oxygen atoms in total. The van der Waals surface area contributed by atoms with E-state index in [2.05, 4.69) is 66.5 Å². The summed E-state index contributed by atoms with van der Waals surface area (Å²) in [5.41, 5.74) is 6.33. The second kappa shape index (κ2) is 14.5. The Balaban J connectivity index is 0.000000180. The van der Waals surface area contributed by atoms with E-state index >= 15 is 0 Å². The molecular weight excluding hydrogens is 517 g/mol. The highest BCUT2D eigenvalue weighted by Crippen LogP contribution is 2.18. The predicted octanol–water partition coefficient (Wildman–Crippen LogP) is 6.60. The maximum absolute atomic E-state index is 11.0. The molecular formula is C27H32BrClNO2P. The van der Waals surface area contributed by atoms with Crippen molar-refractivity contribution in [2.24, 2.45) is 0 Å². The standard InChI is InChI=1S/C10H11ClO.C10H14NOP.C7H7Br/c1-6-4-7(2)9(10(11)12)8(3)5-6;13-10-3-1-9(2-4-10)11-5-7-12-8-6-11;8-6-7-4-2-1-3-5-7/h4-5H,1-3H3;1-4H,5-8,13H2;1-5H,6H2. The lowest BCUT2D eigenvalue weighted by atomic mass is 10.0. The summed E-state index contributed by atoms with van der Waals surface area (Å²) >= 11 is 8.78. The number of aryl methyl sites for hydroxylation is 3. The summed E-state index contributed by atoms with van der Waals surface area (Å²) in [6.45, 7) is 9.52. The Labute approximate surface area is 213 Å². The topological polar surface area (TPSA) is 29.5 Å². The second-order valence-electron chi connectivity index (χ2n) is 7.86. The van der Waals surface area contributed by atoms with E-state index in [1.807, 2.05) is 51.1 Å². The fraction of sp³-hybridized carbons (Fsp3) is 0.296. The summed E-state index contributed by atoms with van der Waals surface area (Å²) in [6.07, 6.45) is 0. The molecule has 1 unspecified atom stereocenters. The van der Waals surface area contributed by atoms with Gasteiger partial charge in [0.05, 0.1) is 13.2 Å². The van der Waals surface area contributed by atoms with Gasteiger partial charge < -0.3 is 9.64 Å². The number of alkyl halides is 1. The number of carbonyl (C=O) groups is 1. The van der Waals surface area contributed by atoms with Crippen LogP contribution in [0.15, 0.2) is 66.7 Å². The van der Waals surface area contributed by atoms with Gasteiger partial charge in [-0.3, -0.25) is 4.79 Å². The lowest BCUT2D eigenvalue weighted by molar-refractivity contribution is 0.108. The molecule has 3 aromatic carbocycles. The number of halogens is 2. The first kappa shape index (κ1) is 27.5. The van der Waals surface area contributed by atoms with Crippen molar-refractivity contribution in [3.63, 3.8) is 0 Å². The van der Waals surface area contributed by atoms with Crippen molar-refractivity contribution < 1.29 is 9.53 Å². The van der Waals surface area contributed by atoms with Gasteiger partial charge in [0.25, 0.3) is 5.24 Å². The highest BCUT2D eigenvalue weighted by molar-refractivity contribution is 9.08. The van der Waals surface area contributed by atoms with Crippen molar-refractivity contribution in [2.75, 3.05) is 31.2 Å². The van der Waals surface area contributed by atoms with Crippen LogP contribution < -0.4 is 10.2 Å². The van der Waals surface area contributed by atoms with Crippen LogP contribution in [0.5, 0.6) is 0 Å². The monoisotopic (exact) mass is 547 g/mol. The number of benzene rings is 3. The van der Waals surface area contributed by atoms with Gasteiger partial charge in [-0.25, -0.2) is 0 Å². The molecule has 1 aliphatic heterocycles. The summed E-state index contributed by atoms with van der Waals surface area (Å²) in [5, 5.41) is 1.82. The van der Waals surface area contributed by atoms with Crippen LogP contribution in [0.25, 0.3) is 0 Å². The molecule has 0 saturated carbocycles. The first-order valence-electron chi connectivity index (χ1n) is 10.9. The van der Waals surface area contributed by atoms with Gasteiger partial charge in [-0.1, -0.05) is 76.1 Å². The van der Waals surface area contributed by atoms with E-state index in [1.165, 1.54) is 16.6 Å². The second-order valence-corrected chi connectivity index (χ2v) is 9.43. The predicted molar refractivity (Wildman–Crippen MR) is 149 cm³/mol. The molecule has 0 amide bonds. The zero-order chi connectivity index (χ0) is 24.2. The van der Waals surface area contributed by atoms with Crippen LogP contribution in [0.1, 0.15) is 32.6 Å². The largest absolute Gasteiger partial charge is 0.378 e. The Hall–Kier alpha value is -1.71. The van der Waals surface area contributed by atoms with Crippen LogP contribution in [0.4, 0.5) is 5.69 Å². The molecule has 0 aliphatic carbocycles. The summed E-state index contributed by atoms with van der Waals surface area (Å²) in [4.78, 5) is 13.3. The van der Waals surface area contributed by atoms with E-state index in [9.17, 15) is 4.79 Å². The third-order valence-corrected chi connectivity index (χ3v) is 6.36. The highest BCUT2D eigenvalue weighted by Gasteiger charge is 2.10. The normalized spacial score (nSPS) is 12.7. The number of rotatable bonds is 3. The SMILES string of the molecule is BrCc1ccccc1.Cc1cc(C)c(C(=O)Cl)c(C)c1.Pc1ccc(N2CCOCC2)cc1. The number of ether oxygens (including phenoxy) is 1. The van der Waals surface area contributed by atoms with Gasteiger partial charge in [-0.15, -0.1) is 9.24 Å². The number of anilines is 1. The van der Waals surface area contributed by atoms with E-state index < -0.39 is 0 Å². The summed E-state index contributed by atoms with van der Waals surface area (Å²) < 4.78 is 5.30. The van der Waals surface area contributed by atoms with Crippen LogP contribution in [0.2, 0.25) is 0 Å². The number of hydrogen-bond donors (Lipinski definition) is 0. The molecule has 33 heavy (non-hydrogen) atoms. The number of morpholine rings is 1. The van der Waals surface area contributed by atoms with Gasteiger partial charge in [-0.05, 0) is 66.5 Å². The van der Waals surface area contributed by atoms with Crippen LogP contribution >= 0.6 is 36.8 Å². The molecule has 0 bridgehead atoms. The molecule has 0 N–H and O–H groups in total. The Morgan fingerprint density at radius 3 is 1.97 bits per heavy atom. The fourth-order valence-electron chi connectivity index (χ4n) is 3.56. The van der Waals surface area contributed by atoms with Crippen molar-refractivity contribution in [3.8, 4) is 0 Å². The zero-order valence-corrected chi connectivity index (χ0v) is 23.0. The van der Waals surface area contributed by atoms with E-state index in [-0.39, 0.29) is 5.24 Å². The first-order chi connectivity index (χ1) is 15.8. The van der Waals surface area contributed by atoms with Gasteiger partial charge in [0.15, 0.2) is 0 Å². The minimum absolute atomic E-state index is 0.370. The minimum Gasteiger partial charge on any atom is -0.378 e. The Morgan fingerprint density at radius 1 is 0.970 bits per heavy atom. The van der Waals surface area contributed by atoms with Crippen molar-refractivity contribution >= 4 is 53.0 Å². The highest BCUT2D eigenvalue weighted by atomic mass is 79.9. The van der Waals surface area contributed by atoms with Gasteiger partial charge in [0.1, 0.15) is 0 Å². The third kappa shape index (κ3) is 9.59. The Bertz CT molecular complexity index is 983. The average molecular weight is 549 g/mol. The molecule has 176 valence electrons. The number of carbonyl (C=O) groups excluding carboxylic acids is 1. The van der Waals surface area contributed by atoms with Crippen molar-refractivity contribution in [1.29, 1.82) is 0 Å². The maximum Gasteiger partial charge on any atom is 0.252 e. The molecule has 0 radical (unpaired) electrons. The molecule has 0 aromatic heterocycles. The zero-order valence-electron chi connectivity index (χ0n) is 19.5. The van der Waals surface area contributed by atoms with Crippen molar-refractivity contribution in [1.82, 2.24) is 0 Å². The fourth-order valence-corrected chi connectivity index (χ4v) is 4.43. The lowest BCUT2D eigenvalue weighted by Gasteiger charge is -2.28. The van der Waals surface area contributed by atoms with E-state index in [0.29, 0.717) is 5.56 Å². The van der Waals surface area contributed by atoms with Gasteiger partial charge in [0.2, 0.25) is 0 Å². The molecule has 4 rings (SSSR count). The summed E-state index contributed by atoms with van der Waals surface area (Å²) in [6, 6.07) is 22.8. The van der Waals surface area contributed by atoms with Crippen molar-refractivity contribution in [3.05, 3.63) is 94.5 Å². The molecule has 3 aromatic rings. The van der Waals surface area contributed by atoms with Gasteiger partial charge in [0, 0.05) is 29.7 Å². The summed E-state index contributed by atoms with van der Waals surface area (Å²) in [5.74, 6) is 0. The molecule has 6 heteroatoms. The third-order valence-electron chi connectivity index (χ3n) is 5.14. The minimum atomic E-state index is -0.370. The van der Waals surface area contributed by atoms with E-state index in [4.69, 9.17) is 16.3 Å². The van der Waals surface area contributed by atoms with Crippen LogP contribution in [-0.2, 0) is 10.1 Å². The molecule has 1 heterocycles. The number of hydrogen-bond acceptors (Lipinski definition) is 3. The van der Waals surface area contributed by atoms with Gasteiger partial charge >= 0.3 is 0 Å². The smallest absolute Gasteiger partial charge is 0.252 e.